The number of alkyl halides is 6. The van der Waals surface area contributed by atoms with Crippen LogP contribution in [0.5, 0.6) is 0 Å². The third kappa shape index (κ3) is 6.32. The van der Waals surface area contributed by atoms with Crippen molar-refractivity contribution in [2.24, 2.45) is 0 Å². The van der Waals surface area contributed by atoms with E-state index in [1.54, 1.807) is 37.4 Å². The summed E-state index contributed by atoms with van der Waals surface area (Å²) < 4.78 is 78.2. The summed E-state index contributed by atoms with van der Waals surface area (Å²) in [6.07, 6.45) is -9.32. The summed E-state index contributed by atoms with van der Waals surface area (Å²) >= 11 is 1.44. The van der Waals surface area contributed by atoms with Gasteiger partial charge in [-0.15, -0.1) is 0 Å². The molecule has 0 spiro atoms. The highest BCUT2D eigenvalue weighted by molar-refractivity contribution is 7.99. The Balaban J connectivity index is 1.37. The van der Waals surface area contributed by atoms with Gasteiger partial charge in [-0.3, -0.25) is 9.59 Å². The molecule has 3 aromatic carbocycles. The minimum atomic E-state index is -4.90. The number of nitrogens with zero attached hydrogens (tertiary/aromatic N) is 1. The summed E-state index contributed by atoms with van der Waals surface area (Å²) in [5.74, 6) is -0.540. The number of aryl methyl sites for hydroxylation is 1. The molecule has 0 atom stereocenters. The molecule has 200 valence electrons. The van der Waals surface area contributed by atoms with Gasteiger partial charge in [-0.05, 0) is 73.4 Å². The Bertz CT molecular complexity index is 1340. The van der Waals surface area contributed by atoms with Crippen LogP contribution in [0.15, 0.2) is 70.5 Å². The van der Waals surface area contributed by atoms with Crippen molar-refractivity contribution in [3.8, 4) is 0 Å². The highest BCUT2D eigenvalue weighted by Gasteiger charge is 2.36. The number of carbonyl (C=O) groups is 2. The van der Waals surface area contributed by atoms with Crippen molar-refractivity contribution in [3.05, 3.63) is 82.9 Å². The molecule has 0 aliphatic carbocycles. The van der Waals surface area contributed by atoms with Gasteiger partial charge in [0.25, 0.3) is 5.91 Å². The van der Waals surface area contributed by atoms with E-state index in [9.17, 15) is 35.9 Å². The minimum absolute atomic E-state index is 0.0249. The van der Waals surface area contributed by atoms with E-state index in [0.29, 0.717) is 29.1 Å². The standard InChI is InChI=1S/C27H22F6N2O2S/c1-35-21-15-19(10-11-23(21)38-22-8-4-3-7-20(22)25(35)37)34-24(36)9-5-2-6-16-12-17(26(28,29)30)14-18(13-16)27(31,32)33/h3-4,7-8,10-15H,2,5-6,9H2,1H3,(H,34,36). The van der Waals surface area contributed by atoms with Crippen molar-refractivity contribution < 1.29 is 35.9 Å². The summed E-state index contributed by atoms with van der Waals surface area (Å²) in [4.78, 5) is 28.5. The van der Waals surface area contributed by atoms with E-state index >= 15 is 0 Å². The second kappa shape index (κ2) is 10.7. The Morgan fingerprint density at radius 1 is 0.868 bits per heavy atom. The number of amides is 2. The van der Waals surface area contributed by atoms with Crippen molar-refractivity contribution in [3.63, 3.8) is 0 Å². The number of benzene rings is 3. The van der Waals surface area contributed by atoms with Gasteiger partial charge in [0.1, 0.15) is 0 Å². The summed E-state index contributed by atoms with van der Waals surface area (Å²) in [5.41, 5.74) is -1.14. The Hall–Kier alpha value is -3.47. The molecule has 0 saturated heterocycles. The van der Waals surface area contributed by atoms with Gasteiger partial charge in [0.15, 0.2) is 0 Å². The number of unbranched alkanes of at least 4 members (excludes halogenated alkanes) is 1. The zero-order chi connectivity index (χ0) is 27.7. The first-order valence-corrected chi connectivity index (χ1v) is 12.4. The fourth-order valence-electron chi connectivity index (χ4n) is 4.09. The lowest BCUT2D eigenvalue weighted by Crippen LogP contribution is -2.26. The molecule has 0 bridgehead atoms. The van der Waals surface area contributed by atoms with Crippen molar-refractivity contribution in [2.45, 2.75) is 47.8 Å². The number of rotatable bonds is 6. The summed E-state index contributed by atoms with van der Waals surface area (Å²) in [6.45, 7) is 0. The van der Waals surface area contributed by atoms with Crippen LogP contribution >= 0.6 is 11.8 Å². The van der Waals surface area contributed by atoms with Gasteiger partial charge in [-0.1, -0.05) is 23.9 Å². The predicted octanol–water partition coefficient (Wildman–Crippen LogP) is 7.82. The number of nitrogens with one attached hydrogen (secondary N) is 1. The lowest BCUT2D eigenvalue weighted by Gasteiger charge is -2.18. The van der Waals surface area contributed by atoms with Gasteiger partial charge in [-0.2, -0.15) is 26.3 Å². The summed E-state index contributed by atoms with van der Waals surface area (Å²) in [5, 5.41) is 2.74. The topological polar surface area (TPSA) is 49.4 Å². The number of halogens is 6. The largest absolute Gasteiger partial charge is 0.416 e. The second-order valence-electron chi connectivity index (χ2n) is 8.81. The van der Waals surface area contributed by atoms with E-state index < -0.39 is 23.5 Å². The van der Waals surface area contributed by atoms with Crippen LogP contribution in [0, 0.1) is 0 Å². The fraction of sp³-hybridized carbons (Fsp3) is 0.259. The molecule has 11 heteroatoms. The minimum Gasteiger partial charge on any atom is -0.326 e. The van der Waals surface area contributed by atoms with E-state index in [2.05, 4.69) is 5.32 Å². The first kappa shape index (κ1) is 27.6. The van der Waals surface area contributed by atoms with Gasteiger partial charge >= 0.3 is 12.4 Å². The third-order valence-electron chi connectivity index (χ3n) is 6.01. The molecule has 3 aromatic rings. The first-order chi connectivity index (χ1) is 17.8. The molecule has 1 aliphatic heterocycles. The number of hydrogen-bond acceptors (Lipinski definition) is 3. The average molecular weight is 553 g/mol. The van der Waals surface area contributed by atoms with Gasteiger partial charge < -0.3 is 10.2 Å². The maximum absolute atomic E-state index is 13.0. The molecular formula is C27H22F6N2O2S. The zero-order valence-electron chi connectivity index (χ0n) is 20.0. The van der Waals surface area contributed by atoms with E-state index in [0.717, 1.165) is 9.79 Å². The van der Waals surface area contributed by atoms with Crippen molar-refractivity contribution >= 4 is 35.0 Å². The Labute approximate surface area is 219 Å². The molecule has 2 amide bonds. The van der Waals surface area contributed by atoms with E-state index in [-0.39, 0.29) is 49.1 Å². The SMILES string of the molecule is CN1C(=O)c2ccccc2Sc2ccc(NC(=O)CCCCc3cc(C(F)(F)F)cc(C(F)(F)F)c3)cc21. The van der Waals surface area contributed by atoms with Crippen LogP contribution in [0.3, 0.4) is 0 Å². The monoisotopic (exact) mass is 552 g/mol. The number of fused-ring (bicyclic) bond motifs is 2. The van der Waals surface area contributed by atoms with Crippen LogP contribution < -0.4 is 10.2 Å². The fourth-order valence-corrected chi connectivity index (χ4v) is 5.17. The molecule has 0 unspecified atom stereocenters. The van der Waals surface area contributed by atoms with Gasteiger partial charge in [0, 0.05) is 28.9 Å². The van der Waals surface area contributed by atoms with Crippen LogP contribution in [-0.2, 0) is 23.6 Å². The molecule has 0 radical (unpaired) electrons. The number of hydrogen-bond donors (Lipinski definition) is 1. The van der Waals surface area contributed by atoms with Crippen LogP contribution in [0.25, 0.3) is 0 Å². The number of anilines is 2. The highest BCUT2D eigenvalue weighted by Crippen LogP contribution is 2.42. The van der Waals surface area contributed by atoms with Crippen LogP contribution in [0.4, 0.5) is 37.7 Å². The molecule has 1 N–H and O–H groups in total. The molecule has 0 aromatic heterocycles. The summed E-state index contributed by atoms with van der Waals surface area (Å²) in [7, 11) is 1.65. The molecule has 0 saturated carbocycles. The Morgan fingerprint density at radius 2 is 1.53 bits per heavy atom. The molecule has 1 heterocycles. The van der Waals surface area contributed by atoms with Crippen LogP contribution in [0.1, 0.15) is 46.3 Å². The predicted molar refractivity (Wildman–Crippen MR) is 132 cm³/mol. The maximum atomic E-state index is 13.0. The van der Waals surface area contributed by atoms with Gasteiger partial charge in [-0.25, -0.2) is 0 Å². The lowest BCUT2D eigenvalue weighted by molar-refractivity contribution is -0.143. The Kier molecular flexibility index (Phi) is 7.78. The maximum Gasteiger partial charge on any atom is 0.416 e. The third-order valence-corrected chi connectivity index (χ3v) is 7.15. The molecular weight excluding hydrogens is 530 g/mol. The molecule has 1 aliphatic rings. The van der Waals surface area contributed by atoms with E-state index in [4.69, 9.17) is 0 Å². The van der Waals surface area contributed by atoms with Crippen LogP contribution in [-0.4, -0.2) is 18.9 Å². The van der Waals surface area contributed by atoms with Gasteiger partial charge in [0.2, 0.25) is 5.91 Å². The van der Waals surface area contributed by atoms with E-state index in [1.807, 2.05) is 12.1 Å². The quantitative estimate of drug-likeness (QED) is 0.251. The number of carbonyl (C=O) groups excluding carboxylic acids is 2. The molecule has 38 heavy (non-hydrogen) atoms. The molecule has 0 fully saturated rings. The zero-order valence-corrected chi connectivity index (χ0v) is 20.9. The van der Waals surface area contributed by atoms with Crippen molar-refractivity contribution in [1.82, 2.24) is 0 Å². The van der Waals surface area contributed by atoms with Gasteiger partial charge in [0.05, 0.1) is 22.4 Å². The Morgan fingerprint density at radius 3 is 2.18 bits per heavy atom. The van der Waals surface area contributed by atoms with E-state index in [1.165, 1.54) is 16.7 Å². The normalized spacial score (nSPS) is 13.6. The van der Waals surface area contributed by atoms with Crippen molar-refractivity contribution in [2.75, 3.05) is 17.3 Å². The lowest BCUT2D eigenvalue weighted by atomic mass is 10.0. The molecule has 4 rings (SSSR count). The highest BCUT2D eigenvalue weighted by atomic mass is 32.2. The first-order valence-electron chi connectivity index (χ1n) is 11.6. The average Bonchev–Trinajstić information content (AvgIpc) is 2.95. The second-order valence-corrected chi connectivity index (χ2v) is 9.90. The molecule has 4 nitrogen and oxygen atoms in total. The summed E-state index contributed by atoms with van der Waals surface area (Å²) in [6, 6.07) is 13.9. The van der Waals surface area contributed by atoms with Crippen LogP contribution in [0.2, 0.25) is 0 Å². The van der Waals surface area contributed by atoms with Crippen molar-refractivity contribution in [1.29, 1.82) is 0 Å². The smallest absolute Gasteiger partial charge is 0.326 e.